The average Bonchev–Trinajstić information content (AvgIpc) is 2.65. The minimum atomic E-state index is 0.208. The van der Waals surface area contributed by atoms with Crippen molar-refractivity contribution in [1.82, 2.24) is 15.1 Å². The predicted octanol–water partition coefficient (Wildman–Crippen LogP) is 3.96. The van der Waals surface area contributed by atoms with Crippen molar-refractivity contribution in [2.24, 2.45) is 7.05 Å². The number of halogens is 2. The van der Waals surface area contributed by atoms with Gasteiger partial charge in [0, 0.05) is 24.0 Å². The molecule has 2 rings (SSSR count). The van der Waals surface area contributed by atoms with Gasteiger partial charge in [0.15, 0.2) is 0 Å². The Hall–Kier alpha value is -0.840. The van der Waals surface area contributed by atoms with E-state index in [9.17, 15) is 0 Å². The lowest BCUT2D eigenvalue weighted by Gasteiger charge is -2.20. The maximum Gasteiger partial charge on any atom is 0.0847 e. The van der Waals surface area contributed by atoms with Gasteiger partial charge in [-0.3, -0.25) is 4.68 Å². The van der Waals surface area contributed by atoms with Gasteiger partial charge in [-0.25, -0.2) is 0 Å². The molecular formula is C15H19BrClN3. The molecular weight excluding hydrogens is 338 g/mol. The van der Waals surface area contributed by atoms with Gasteiger partial charge < -0.3 is 5.32 Å². The molecule has 0 saturated carbocycles. The third-order valence-electron chi connectivity index (χ3n) is 3.69. The Morgan fingerprint density at radius 1 is 1.40 bits per heavy atom. The van der Waals surface area contributed by atoms with Crippen molar-refractivity contribution in [3.05, 3.63) is 50.2 Å². The lowest BCUT2D eigenvalue weighted by atomic mass is 9.97. The Balaban J connectivity index is 2.36. The molecule has 0 radical (unpaired) electrons. The molecule has 0 aliphatic heterocycles. The standard InChI is InChI=1S/C15H19BrClN3/c1-9-11(6-5-7-12(9)16)13(18-3)8-14-15(17)10(2)19-20(14)4/h5-7,13,18H,8H2,1-4H3. The van der Waals surface area contributed by atoms with Crippen molar-refractivity contribution in [2.45, 2.75) is 26.3 Å². The van der Waals surface area contributed by atoms with E-state index in [1.807, 2.05) is 25.7 Å². The number of hydrogen-bond acceptors (Lipinski definition) is 2. The zero-order valence-corrected chi connectivity index (χ0v) is 14.5. The van der Waals surface area contributed by atoms with Crippen molar-refractivity contribution in [3.63, 3.8) is 0 Å². The van der Waals surface area contributed by atoms with Crippen LogP contribution in [-0.2, 0) is 13.5 Å². The highest BCUT2D eigenvalue weighted by molar-refractivity contribution is 9.10. The van der Waals surface area contributed by atoms with Gasteiger partial charge >= 0.3 is 0 Å². The highest BCUT2D eigenvalue weighted by atomic mass is 79.9. The van der Waals surface area contributed by atoms with E-state index in [2.05, 4.69) is 51.5 Å². The largest absolute Gasteiger partial charge is 0.313 e. The van der Waals surface area contributed by atoms with Crippen molar-refractivity contribution >= 4 is 27.5 Å². The normalized spacial score (nSPS) is 12.7. The predicted molar refractivity (Wildman–Crippen MR) is 87.3 cm³/mol. The maximum atomic E-state index is 6.35. The Kier molecular flexibility index (Phi) is 4.89. The zero-order chi connectivity index (χ0) is 14.9. The smallest absolute Gasteiger partial charge is 0.0847 e. The quantitative estimate of drug-likeness (QED) is 0.899. The molecule has 20 heavy (non-hydrogen) atoms. The first-order chi connectivity index (χ1) is 9.45. The molecule has 108 valence electrons. The monoisotopic (exact) mass is 355 g/mol. The molecule has 5 heteroatoms. The number of nitrogens with one attached hydrogen (secondary N) is 1. The Bertz CT molecular complexity index is 622. The maximum absolute atomic E-state index is 6.35. The summed E-state index contributed by atoms with van der Waals surface area (Å²) in [5.41, 5.74) is 4.46. The van der Waals surface area contributed by atoms with E-state index in [0.29, 0.717) is 0 Å². The van der Waals surface area contributed by atoms with Crippen LogP contribution in [0.2, 0.25) is 5.02 Å². The summed E-state index contributed by atoms with van der Waals surface area (Å²) in [5.74, 6) is 0. The summed E-state index contributed by atoms with van der Waals surface area (Å²) in [6.45, 7) is 4.06. The summed E-state index contributed by atoms with van der Waals surface area (Å²) in [5, 5.41) is 8.52. The third-order valence-corrected chi connectivity index (χ3v) is 5.04. The minimum absolute atomic E-state index is 0.208. The molecule has 1 heterocycles. The molecule has 0 saturated heterocycles. The van der Waals surface area contributed by atoms with Gasteiger partial charge in [-0.2, -0.15) is 5.10 Å². The average molecular weight is 357 g/mol. The van der Waals surface area contributed by atoms with Crippen LogP contribution in [0.4, 0.5) is 0 Å². The number of likely N-dealkylation sites (N-methyl/N-ethyl adjacent to an activating group) is 1. The van der Waals surface area contributed by atoms with Crippen LogP contribution in [0.1, 0.15) is 28.6 Å². The van der Waals surface area contributed by atoms with E-state index in [1.54, 1.807) is 0 Å². The number of rotatable bonds is 4. The Morgan fingerprint density at radius 2 is 2.10 bits per heavy atom. The highest BCUT2D eigenvalue weighted by Crippen LogP contribution is 2.29. The molecule has 0 bridgehead atoms. The summed E-state index contributed by atoms with van der Waals surface area (Å²) >= 11 is 9.94. The summed E-state index contributed by atoms with van der Waals surface area (Å²) in [6, 6.07) is 6.48. The third kappa shape index (κ3) is 2.92. The molecule has 1 atom stereocenters. The summed E-state index contributed by atoms with van der Waals surface area (Å²) in [7, 11) is 3.91. The van der Waals surface area contributed by atoms with Crippen molar-refractivity contribution in [2.75, 3.05) is 7.05 Å². The summed E-state index contributed by atoms with van der Waals surface area (Å²) < 4.78 is 3.00. The Morgan fingerprint density at radius 3 is 2.65 bits per heavy atom. The number of benzene rings is 1. The second kappa shape index (κ2) is 6.29. The van der Waals surface area contributed by atoms with Crippen LogP contribution in [0, 0.1) is 13.8 Å². The molecule has 0 aliphatic rings. The van der Waals surface area contributed by atoms with Crippen molar-refractivity contribution in [3.8, 4) is 0 Å². The topological polar surface area (TPSA) is 29.9 Å². The van der Waals surface area contributed by atoms with E-state index in [0.717, 1.165) is 27.3 Å². The highest BCUT2D eigenvalue weighted by Gasteiger charge is 2.19. The molecule has 1 aromatic carbocycles. The van der Waals surface area contributed by atoms with Crippen LogP contribution in [0.3, 0.4) is 0 Å². The fourth-order valence-corrected chi connectivity index (χ4v) is 3.08. The second-order valence-corrected chi connectivity index (χ2v) is 6.20. The molecule has 3 nitrogen and oxygen atoms in total. The molecule has 0 fully saturated rings. The fraction of sp³-hybridized carbons (Fsp3) is 0.400. The van der Waals surface area contributed by atoms with E-state index in [1.165, 1.54) is 11.1 Å². The fourth-order valence-electron chi connectivity index (χ4n) is 2.46. The summed E-state index contributed by atoms with van der Waals surface area (Å²) in [4.78, 5) is 0. The molecule has 1 N–H and O–H groups in total. The van der Waals surface area contributed by atoms with Crippen molar-refractivity contribution in [1.29, 1.82) is 0 Å². The van der Waals surface area contributed by atoms with Gasteiger partial charge in [-0.15, -0.1) is 0 Å². The van der Waals surface area contributed by atoms with Crippen LogP contribution < -0.4 is 5.32 Å². The number of nitrogens with zero attached hydrogens (tertiary/aromatic N) is 2. The molecule has 2 aromatic rings. The zero-order valence-electron chi connectivity index (χ0n) is 12.2. The lowest BCUT2D eigenvalue weighted by molar-refractivity contribution is 0.559. The first-order valence-corrected chi connectivity index (χ1v) is 7.73. The number of aromatic nitrogens is 2. The van der Waals surface area contributed by atoms with E-state index in [4.69, 9.17) is 11.6 Å². The van der Waals surface area contributed by atoms with Crippen LogP contribution in [0.15, 0.2) is 22.7 Å². The van der Waals surface area contributed by atoms with Gasteiger partial charge in [0.05, 0.1) is 16.4 Å². The summed E-state index contributed by atoms with van der Waals surface area (Å²) in [6.07, 6.45) is 0.809. The van der Waals surface area contributed by atoms with Crippen molar-refractivity contribution < 1.29 is 0 Å². The molecule has 1 aromatic heterocycles. The van der Waals surface area contributed by atoms with Crippen LogP contribution >= 0.6 is 27.5 Å². The van der Waals surface area contributed by atoms with Gasteiger partial charge in [0.2, 0.25) is 0 Å². The second-order valence-electron chi connectivity index (χ2n) is 4.97. The SMILES string of the molecule is CNC(Cc1c(Cl)c(C)nn1C)c1cccc(Br)c1C. The van der Waals surface area contributed by atoms with Gasteiger partial charge in [-0.1, -0.05) is 39.7 Å². The molecule has 0 amide bonds. The number of aryl methyl sites for hydroxylation is 2. The molecule has 0 spiro atoms. The van der Waals surface area contributed by atoms with E-state index >= 15 is 0 Å². The molecule has 0 aliphatic carbocycles. The van der Waals surface area contributed by atoms with Crippen LogP contribution in [0.25, 0.3) is 0 Å². The van der Waals surface area contributed by atoms with Crippen LogP contribution in [-0.4, -0.2) is 16.8 Å². The first kappa shape index (κ1) is 15.5. The van der Waals surface area contributed by atoms with E-state index < -0.39 is 0 Å². The van der Waals surface area contributed by atoms with Gasteiger partial charge in [0.1, 0.15) is 0 Å². The first-order valence-electron chi connectivity index (χ1n) is 6.56. The minimum Gasteiger partial charge on any atom is -0.313 e. The Labute approximate surface area is 133 Å². The van der Waals surface area contributed by atoms with Crippen LogP contribution in [0.5, 0.6) is 0 Å². The van der Waals surface area contributed by atoms with Gasteiger partial charge in [-0.05, 0) is 38.1 Å². The number of hydrogen-bond donors (Lipinski definition) is 1. The van der Waals surface area contributed by atoms with E-state index in [-0.39, 0.29) is 6.04 Å². The molecule has 1 unspecified atom stereocenters. The lowest BCUT2D eigenvalue weighted by Crippen LogP contribution is -2.21. The van der Waals surface area contributed by atoms with Gasteiger partial charge in [0.25, 0.3) is 0 Å².